The maximum absolute atomic E-state index is 11.0. The van der Waals surface area contributed by atoms with Gasteiger partial charge in [0.15, 0.2) is 11.5 Å². The summed E-state index contributed by atoms with van der Waals surface area (Å²) in [6.07, 6.45) is 1.50. The van der Waals surface area contributed by atoms with E-state index in [4.69, 9.17) is 9.47 Å². The van der Waals surface area contributed by atoms with Gasteiger partial charge in [-0.05, 0) is 49.6 Å². The van der Waals surface area contributed by atoms with E-state index < -0.39 is 0 Å². The van der Waals surface area contributed by atoms with Gasteiger partial charge in [0, 0.05) is 12.1 Å². The molecule has 2 aliphatic rings. The van der Waals surface area contributed by atoms with Gasteiger partial charge < -0.3 is 14.8 Å². The Labute approximate surface area is 163 Å². The van der Waals surface area contributed by atoms with E-state index in [2.05, 4.69) is 18.3 Å². The molecule has 0 spiro atoms. The third kappa shape index (κ3) is 6.97. The summed E-state index contributed by atoms with van der Waals surface area (Å²) >= 11 is 0. The van der Waals surface area contributed by atoms with E-state index >= 15 is 0 Å². The predicted octanol–water partition coefficient (Wildman–Crippen LogP) is 5.70. The first-order valence-electron chi connectivity index (χ1n) is 9.87. The summed E-state index contributed by atoms with van der Waals surface area (Å²) < 4.78 is 10.7. The van der Waals surface area contributed by atoms with Crippen LogP contribution in [0.5, 0.6) is 11.5 Å². The molecule has 0 unspecified atom stereocenters. The number of fused-ring (bicyclic) bond motifs is 2. The summed E-state index contributed by atoms with van der Waals surface area (Å²) in [5, 5.41) is 2.85. The lowest BCUT2D eigenvalue weighted by atomic mass is 10.0. The Kier molecular flexibility index (Phi) is 10.0. The number of hydrogen-bond donors (Lipinski definition) is 1. The molecule has 4 heteroatoms. The van der Waals surface area contributed by atoms with Crippen LogP contribution in [0.15, 0.2) is 36.4 Å². The van der Waals surface area contributed by atoms with E-state index in [0.29, 0.717) is 19.6 Å². The SMILES string of the molecule is CC.CC.Cc1ccc2c(c1)CCC(=O)N2.Cc1ccc2c(c1)OCCO2. The Morgan fingerprint density at radius 1 is 0.778 bits per heavy atom. The first kappa shape index (κ1) is 22.6. The van der Waals surface area contributed by atoms with E-state index in [0.717, 1.165) is 23.6 Å². The molecule has 148 valence electrons. The molecule has 0 fully saturated rings. The largest absolute Gasteiger partial charge is 0.486 e. The molecule has 1 amide bonds. The number of hydrogen-bond acceptors (Lipinski definition) is 3. The number of nitrogens with one attached hydrogen (secondary N) is 1. The third-order valence-electron chi connectivity index (χ3n) is 3.85. The number of anilines is 1. The molecule has 4 rings (SSSR count). The number of rotatable bonds is 0. The predicted molar refractivity (Wildman–Crippen MR) is 113 cm³/mol. The number of ether oxygens (including phenoxy) is 2. The highest BCUT2D eigenvalue weighted by molar-refractivity contribution is 5.93. The Bertz CT molecular complexity index is 726. The number of carbonyl (C=O) groups is 1. The maximum Gasteiger partial charge on any atom is 0.224 e. The summed E-state index contributed by atoms with van der Waals surface area (Å²) in [5.41, 5.74) is 4.70. The van der Waals surface area contributed by atoms with Crippen LogP contribution >= 0.6 is 0 Å². The lowest BCUT2D eigenvalue weighted by Gasteiger charge is -2.18. The minimum absolute atomic E-state index is 0.131. The van der Waals surface area contributed by atoms with Crippen LogP contribution in [0.1, 0.15) is 50.8 Å². The first-order chi connectivity index (χ1) is 13.1. The Balaban J connectivity index is 0.000000229. The summed E-state index contributed by atoms with van der Waals surface area (Å²) in [7, 11) is 0. The summed E-state index contributed by atoms with van der Waals surface area (Å²) in [4.78, 5) is 11.0. The maximum atomic E-state index is 11.0. The zero-order valence-electron chi connectivity index (χ0n) is 17.5. The minimum Gasteiger partial charge on any atom is -0.486 e. The van der Waals surface area contributed by atoms with Crippen molar-refractivity contribution < 1.29 is 14.3 Å². The van der Waals surface area contributed by atoms with Crippen molar-refractivity contribution in [3.05, 3.63) is 53.1 Å². The van der Waals surface area contributed by atoms with Gasteiger partial charge >= 0.3 is 0 Å². The van der Waals surface area contributed by atoms with Crippen LogP contribution in [0.2, 0.25) is 0 Å². The fourth-order valence-corrected chi connectivity index (χ4v) is 2.66. The minimum atomic E-state index is 0.131. The van der Waals surface area contributed by atoms with E-state index in [9.17, 15) is 4.79 Å². The van der Waals surface area contributed by atoms with Crippen LogP contribution in [0, 0.1) is 13.8 Å². The molecule has 0 bridgehead atoms. The third-order valence-corrected chi connectivity index (χ3v) is 3.85. The van der Waals surface area contributed by atoms with Crippen molar-refractivity contribution in [2.75, 3.05) is 18.5 Å². The fraction of sp³-hybridized carbons (Fsp3) is 0.435. The van der Waals surface area contributed by atoms with Crippen molar-refractivity contribution in [3.63, 3.8) is 0 Å². The monoisotopic (exact) mass is 371 g/mol. The summed E-state index contributed by atoms with van der Waals surface area (Å²) in [6.45, 7) is 13.4. The molecular weight excluding hydrogens is 338 g/mol. The van der Waals surface area contributed by atoms with Gasteiger partial charge in [-0.2, -0.15) is 0 Å². The molecule has 4 nitrogen and oxygen atoms in total. The van der Waals surface area contributed by atoms with Crippen LogP contribution in [0.4, 0.5) is 5.69 Å². The highest BCUT2D eigenvalue weighted by Crippen LogP contribution is 2.30. The van der Waals surface area contributed by atoms with E-state index in [1.165, 1.54) is 16.7 Å². The van der Waals surface area contributed by atoms with Crippen molar-refractivity contribution in [1.82, 2.24) is 0 Å². The highest BCUT2D eigenvalue weighted by Gasteiger charge is 2.13. The zero-order valence-corrected chi connectivity index (χ0v) is 17.5. The smallest absolute Gasteiger partial charge is 0.224 e. The average molecular weight is 372 g/mol. The molecule has 2 heterocycles. The van der Waals surface area contributed by atoms with Crippen LogP contribution in [0.25, 0.3) is 0 Å². The van der Waals surface area contributed by atoms with E-state index in [1.54, 1.807) is 0 Å². The zero-order chi connectivity index (χ0) is 20.2. The van der Waals surface area contributed by atoms with Crippen molar-refractivity contribution >= 4 is 11.6 Å². The first-order valence-corrected chi connectivity index (χ1v) is 9.87. The van der Waals surface area contributed by atoms with Crippen LogP contribution in [0.3, 0.4) is 0 Å². The number of benzene rings is 2. The lowest BCUT2D eigenvalue weighted by molar-refractivity contribution is -0.116. The second-order valence-electron chi connectivity index (χ2n) is 5.86. The topological polar surface area (TPSA) is 47.6 Å². The second-order valence-corrected chi connectivity index (χ2v) is 5.86. The molecule has 27 heavy (non-hydrogen) atoms. The number of aryl methyl sites for hydroxylation is 3. The molecule has 2 aliphatic heterocycles. The van der Waals surface area contributed by atoms with Gasteiger partial charge in [0.05, 0.1) is 0 Å². The highest BCUT2D eigenvalue weighted by atomic mass is 16.6. The molecule has 0 saturated carbocycles. The number of amides is 1. The van der Waals surface area contributed by atoms with Gasteiger partial charge in [-0.3, -0.25) is 4.79 Å². The normalized spacial score (nSPS) is 13.2. The number of carbonyl (C=O) groups excluding carboxylic acids is 1. The van der Waals surface area contributed by atoms with Gasteiger partial charge in [-0.15, -0.1) is 0 Å². The van der Waals surface area contributed by atoms with Crippen LogP contribution in [-0.4, -0.2) is 19.1 Å². The standard InChI is InChI=1S/C10H11NO.C9H10O2.2C2H6/c1-7-2-4-9-8(6-7)3-5-10(12)11-9;1-7-2-3-8-9(6-7)11-5-4-10-8;2*1-2/h2,4,6H,3,5H2,1H3,(H,11,12);2-3,6H,4-5H2,1H3;2*1-2H3. The van der Waals surface area contributed by atoms with Crippen molar-refractivity contribution in [2.45, 2.75) is 54.4 Å². The van der Waals surface area contributed by atoms with Crippen LogP contribution in [-0.2, 0) is 11.2 Å². The Morgan fingerprint density at radius 2 is 1.37 bits per heavy atom. The molecule has 2 aromatic rings. The summed E-state index contributed by atoms with van der Waals surface area (Å²) in [5.74, 6) is 1.87. The van der Waals surface area contributed by atoms with E-state index in [1.807, 2.05) is 65.0 Å². The molecule has 0 atom stereocenters. The van der Waals surface area contributed by atoms with Crippen LogP contribution < -0.4 is 14.8 Å². The second kappa shape index (κ2) is 12.0. The van der Waals surface area contributed by atoms with Crippen molar-refractivity contribution in [2.24, 2.45) is 0 Å². The molecular formula is C23H33NO3. The quantitative estimate of drug-likeness (QED) is 0.646. The average Bonchev–Trinajstić information content (AvgIpc) is 2.71. The Hall–Kier alpha value is -2.49. The molecule has 0 aliphatic carbocycles. The molecule has 0 saturated heterocycles. The van der Waals surface area contributed by atoms with Gasteiger partial charge in [0.25, 0.3) is 0 Å². The summed E-state index contributed by atoms with van der Waals surface area (Å²) in [6, 6.07) is 12.1. The molecule has 0 radical (unpaired) electrons. The van der Waals surface area contributed by atoms with Gasteiger partial charge in [0.1, 0.15) is 13.2 Å². The Morgan fingerprint density at radius 3 is 2.07 bits per heavy atom. The lowest BCUT2D eigenvalue weighted by Crippen LogP contribution is -2.18. The van der Waals surface area contributed by atoms with Gasteiger partial charge in [-0.25, -0.2) is 0 Å². The molecule has 2 aromatic carbocycles. The molecule has 1 N–H and O–H groups in total. The van der Waals surface area contributed by atoms with E-state index in [-0.39, 0.29) is 5.91 Å². The van der Waals surface area contributed by atoms with Crippen molar-refractivity contribution in [1.29, 1.82) is 0 Å². The van der Waals surface area contributed by atoms with Gasteiger partial charge in [0.2, 0.25) is 5.91 Å². The fourth-order valence-electron chi connectivity index (χ4n) is 2.66. The van der Waals surface area contributed by atoms with Crippen molar-refractivity contribution in [3.8, 4) is 11.5 Å². The van der Waals surface area contributed by atoms with Gasteiger partial charge in [-0.1, -0.05) is 51.5 Å². The molecule has 0 aromatic heterocycles.